The largest absolute Gasteiger partial charge is 0.383 e. The summed E-state index contributed by atoms with van der Waals surface area (Å²) in [4.78, 5) is 34.1. The molecule has 1 aromatic carbocycles. The van der Waals surface area contributed by atoms with E-state index in [2.05, 4.69) is 15.3 Å². The highest BCUT2D eigenvalue weighted by Gasteiger charge is 2.18. The van der Waals surface area contributed by atoms with Crippen LogP contribution in [0.3, 0.4) is 0 Å². The fourth-order valence-corrected chi connectivity index (χ4v) is 2.18. The van der Waals surface area contributed by atoms with Gasteiger partial charge in [-0.1, -0.05) is 17.7 Å². The molecule has 0 aliphatic carbocycles. The van der Waals surface area contributed by atoms with Crippen molar-refractivity contribution in [1.29, 1.82) is 0 Å². The van der Waals surface area contributed by atoms with Gasteiger partial charge < -0.3 is 15.0 Å². The maximum Gasteiger partial charge on any atom is 0.274 e. The Balaban J connectivity index is 1.93. The molecule has 0 unspecified atom stereocenters. The van der Waals surface area contributed by atoms with E-state index in [4.69, 9.17) is 4.74 Å². The van der Waals surface area contributed by atoms with Crippen LogP contribution in [0.5, 0.6) is 0 Å². The van der Waals surface area contributed by atoms with Crippen LogP contribution in [0.4, 0.5) is 5.69 Å². The standard InChI is InChI=1S/C18H22N4O3/c1-14-3-5-15(6-4-14)21-17(23)7-10-22(11-12-25-2)18(24)16-13-19-8-9-20-16/h3-6,8-9,13H,7,10-12H2,1-2H3,(H,21,23). The Morgan fingerprint density at radius 3 is 2.56 bits per heavy atom. The van der Waals surface area contributed by atoms with Crippen molar-refractivity contribution in [2.45, 2.75) is 13.3 Å². The van der Waals surface area contributed by atoms with Crippen molar-refractivity contribution < 1.29 is 14.3 Å². The molecule has 0 aliphatic heterocycles. The van der Waals surface area contributed by atoms with Gasteiger partial charge in [-0.25, -0.2) is 4.98 Å². The molecule has 2 amide bonds. The molecule has 0 saturated carbocycles. The van der Waals surface area contributed by atoms with Gasteiger partial charge in [0.15, 0.2) is 0 Å². The first-order valence-corrected chi connectivity index (χ1v) is 8.01. The molecular weight excluding hydrogens is 320 g/mol. The zero-order valence-electron chi connectivity index (χ0n) is 14.4. The van der Waals surface area contributed by atoms with E-state index in [0.717, 1.165) is 11.3 Å². The smallest absolute Gasteiger partial charge is 0.274 e. The Kier molecular flexibility index (Phi) is 7.03. The van der Waals surface area contributed by atoms with Gasteiger partial charge in [0.1, 0.15) is 5.69 Å². The van der Waals surface area contributed by atoms with Crippen molar-refractivity contribution in [3.05, 3.63) is 54.1 Å². The van der Waals surface area contributed by atoms with E-state index in [1.807, 2.05) is 31.2 Å². The first-order valence-electron chi connectivity index (χ1n) is 8.01. The summed E-state index contributed by atoms with van der Waals surface area (Å²) in [5.41, 5.74) is 2.11. The monoisotopic (exact) mass is 342 g/mol. The van der Waals surface area contributed by atoms with Gasteiger partial charge >= 0.3 is 0 Å². The van der Waals surface area contributed by atoms with Crippen LogP contribution in [-0.2, 0) is 9.53 Å². The van der Waals surface area contributed by atoms with E-state index in [1.165, 1.54) is 18.6 Å². The van der Waals surface area contributed by atoms with Crippen LogP contribution in [0.15, 0.2) is 42.9 Å². The number of nitrogens with one attached hydrogen (secondary N) is 1. The number of hydrogen-bond acceptors (Lipinski definition) is 5. The molecule has 1 aromatic heterocycles. The summed E-state index contributed by atoms with van der Waals surface area (Å²) in [6.07, 6.45) is 4.56. The number of amides is 2. The lowest BCUT2D eigenvalue weighted by Gasteiger charge is -2.21. The predicted molar refractivity (Wildman–Crippen MR) is 94.2 cm³/mol. The van der Waals surface area contributed by atoms with Crippen LogP contribution in [-0.4, -0.2) is 53.5 Å². The lowest BCUT2D eigenvalue weighted by molar-refractivity contribution is -0.116. The minimum Gasteiger partial charge on any atom is -0.383 e. The minimum atomic E-state index is -0.270. The average molecular weight is 342 g/mol. The molecule has 25 heavy (non-hydrogen) atoms. The third-order valence-electron chi connectivity index (χ3n) is 3.58. The van der Waals surface area contributed by atoms with Crippen LogP contribution in [0.25, 0.3) is 0 Å². The number of aromatic nitrogens is 2. The number of anilines is 1. The number of rotatable bonds is 8. The third kappa shape index (κ3) is 5.96. The van der Waals surface area contributed by atoms with Crippen LogP contribution >= 0.6 is 0 Å². The maximum absolute atomic E-state index is 12.5. The second-order valence-electron chi connectivity index (χ2n) is 5.54. The average Bonchev–Trinajstić information content (AvgIpc) is 2.64. The Hall–Kier alpha value is -2.80. The summed E-state index contributed by atoms with van der Waals surface area (Å²) >= 11 is 0. The number of hydrogen-bond donors (Lipinski definition) is 1. The van der Waals surface area contributed by atoms with Crippen molar-refractivity contribution in [3.63, 3.8) is 0 Å². The van der Waals surface area contributed by atoms with Gasteiger partial charge in [-0.15, -0.1) is 0 Å². The molecule has 0 aliphatic rings. The molecule has 0 bridgehead atoms. The molecule has 7 heteroatoms. The quantitative estimate of drug-likeness (QED) is 0.792. The second kappa shape index (κ2) is 9.48. The molecule has 0 radical (unpaired) electrons. The fraction of sp³-hybridized carbons (Fsp3) is 0.333. The molecule has 2 rings (SSSR count). The summed E-state index contributed by atoms with van der Waals surface area (Å²) in [5.74, 6) is -0.425. The van der Waals surface area contributed by atoms with Crippen LogP contribution in [0, 0.1) is 6.92 Å². The van der Waals surface area contributed by atoms with Gasteiger partial charge in [0.25, 0.3) is 5.91 Å². The van der Waals surface area contributed by atoms with Crippen molar-refractivity contribution >= 4 is 17.5 Å². The first-order chi connectivity index (χ1) is 12.1. The molecule has 0 saturated heterocycles. The van der Waals surface area contributed by atoms with Crippen LogP contribution < -0.4 is 5.32 Å². The fourth-order valence-electron chi connectivity index (χ4n) is 2.18. The predicted octanol–water partition coefficient (Wildman–Crippen LogP) is 1.90. The molecule has 0 spiro atoms. The molecule has 2 aromatic rings. The van der Waals surface area contributed by atoms with Crippen LogP contribution in [0.2, 0.25) is 0 Å². The van der Waals surface area contributed by atoms with Gasteiger partial charge in [0, 0.05) is 44.7 Å². The van der Waals surface area contributed by atoms with E-state index in [1.54, 1.807) is 12.0 Å². The molecule has 0 fully saturated rings. The van der Waals surface area contributed by atoms with Gasteiger partial charge in [-0.05, 0) is 19.1 Å². The van der Waals surface area contributed by atoms with Gasteiger partial charge in [-0.2, -0.15) is 0 Å². The van der Waals surface area contributed by atoms with E-state index < -0.39 is 0 Å². The number of carbonyl (C=O) groups is 2. The lowest BCUT2D eigenvalue weighted by Crippen LogP contribution is -2.36. The van der Waals surface area contributed by atoms with E-state index >= 15 is 0 Å². The Labute approximate surface area is 147 Å². The van der Waals surface area contributed by atoms with Crippen molar-refractivity contribution in [2.75, 3.05) is 32.1 Å². The zero-order chi connectivity index (χ0) is 18.1. The minimum absolute atomic E-state index is 0.154. The Morgan fingerprint density at radius 2 is 1.92 bits per heavy atom. The molecule has 7 nitrogen and oxygen atoms in total. The van der Waals surface area contributed by atoms with E-state index in [9.17, 15) is 9.59 Å². The highest BCUT2D eigenvalue weighted by Crippen LogP contribution is 2.09. The summed E-state index contributed by atoms with van der Waals surface area (Å²) in [5, 5.41) is 2.82. The molecule has 0 atom stereocenters. The number of ether oxygens (including phenoxy) is 1. The van der Waals surface area contributed by atoms with Crippen molar-refractivity contribution in [2.24, 2.45) is 0 Å². The van der Waals surface area contributed by atoms with E-state index in [-0.39, 0.29) is 30.5 Å². The Morgan fingerprint density at radius 1 is 1.16 bits per heavy atom. The molecule has 132 valence electrons. The van der Waals surface area contributed by atoms with Gasteiger partial charge in [0.05, 0.1) is 12.8 Å². The molecular formula is C18H22N4O3. The lowest BCUT2D eigenvalue weighted by atomic mass is 10.2. The van der Waals surface area contributed by atoms with Crippen molar-refractivity contribution in [3.8, 4) is 0 Å². The topological polar surface area (TPSA) is 84.4 Å². The Bertz CT molecular complexity index is 689. The molecule has 1 N–H and O–H groups in total. The van der Waals surface area contributed by atoms with Gasteiger partial charge in [0.2, 0.25) is 5.91 Å². The van der Waals surface area contributed by atoms with Crippen LogP contribution in [0.1, 0.15) is 22.5 Å². The maximum atomic E-state index is 12.5. The number of benzene rings is 1. The van der Waals surface area contributed by atoms with Crippen molar-refractivity contribution in [1.82, 2.24) is 14.9 Å². The third-order valence-corrected chi connectivity index (χ3v) is 3.58. The summed E-state index contributed by atoms with van der Waals surface area (Å²) in [6.45, 7) is 3.02. The summed E-state index contributed by atoms with van der Waals surface area (Å²) in [7, 11) is 1.56. The zero-order valence-corrected chi connectivity index (χ0v) is 14.4. The first kappa shape index (κ1) is 18.5. The molecule has 1 heterocycles. The number of carbonyl (C=O) groups excluding carboxylic acids is 2. The van der Waals surface area contributed by atoms with Gasteiger partial charge in [-0.3, -0.25) is 14.6 Å². The summed E-state index contributed by atoms with van der Waals surface area (Å²) < 4.78 is 5.04. The highest BCUT2D eigenvalue weighted by atomic mass is 16.5. The number of methoxy groups -OCH3 is 1. The summed E-state index contributed by atoms with van der Waals surface area (Å²) in [6, 6.07) is 7.55. The van der Waals surface area contributed by atoms with E-state index in [0.29, 0.717) is 13.2 Å². The second-order valence-corrected chi connectivity index (χ2v) is 5.54. The highest BCUT2D eigenvalue weighted by molar-refractivity contribution is 5.93. The SMILES string of the molecule is COCCN(CCC(=O)Nc1ccc(C)cc1)C(=O)c1cnccn1. The number of aryl methyl sites for hydroxylation is 1. The number of nitrogens with zero attached hydrogens (tertiary/aromatic N) is 3. The normalized spacial score (nSPS) is 10.3.